The van der Waals surface area contributed by atoms with Crippen LogP contribution in [-0.4, -0.2) is 28.3 Å². The van der Waals surface area contributed by atoms with Crippen LogP contribution in [0.3, 0.4) is 0 Å². The summed E-state index contributed by atoms with van der Waals surface area (Å²) < 4.78 is 29.6. The van der Waals surface area contributed by atoms with E-state index in [0.717, 1.165) is 5.56 Å². The van der Waals surface area contributed by atoms with Gasteiger partial charge in [0.05, 0.1) is 12.2 Å². The van der Waals surface area contributed by atoms with Crippen molar-refractivity contribution in [3.05, 3.63) is 131 Å². The molecule has 0 N–H and O–H groups in total. The van der Waals surface area contributed by atoms with E-state index < -0.39 is 11.9 Å². The molecule has 2 aromatic carbocycles. The first-order valence-corrected chi connectivity index (χ1v) is 10.9. The molecule has 0 saturated heterocycles. The zero-order valence-corrected chi connectivity index (χ0v) is 19.5. The SMILES string of the molecule is CCOC(=O)c1ccccc1.Cc1ccnc(F)c1.O=C(Cc1ccnc(F)c1)c1ccccc1. The summed E-state index contributed by atoms with van der Waals surface area (Å²) in [6, 6.07) is 24.0. The number of hydrogen-bond acceptors (Lipinski definition) is 5. The lowest BCUT2D eigenvalue weighted by molar-refractivity contribution is 0.0526. The fourth-order valence-corrected chi connectivity index (χ4v) is 2.75. The molecule has 0 radical (unpaired) electrons. The summed E-state index contributed by atoms with van der Waals surface area (Å²) in [6.07, 6.45) is 3.01. The quantitative estimate of drug-likeness (QED) is 0.200. The summed E-state index contributed by atoms with van der Waals surface area (Å²) in [6.45, 7) is 4.04. The molecule has 2 aromatic heterocycles. The van der Waals surface area contributed by atoms with Crippen LogP contribution in [0, 0.1) is 18.8 Å². The number of pyridine rings is 2. The third-order valence-electron chi connectivity index (χ3n) is 4.42. The number of Topliss-reactive ketones (excluding diaryl/α,β-unsaturated/α-hetero) is 1. The van der Waals surface area contributed by atoms with Gasteiger partial charge in [0.25, 0.3) is 0 Å². The Hall–Kier alpha value is -4.26. The topological polar surface area (TPSA) is 69.2 Å². The van der Waals surface area contributed by atoms with Crippen LogP contribution in [0.4, 0.5) is 8.78 Å². The second kappa shape index (κ2) is 14.8. The smallest absolute Gasteiger partial charge is 0.338 e. The van der Waals surface area contributed by atoms with Crippen molar-refractivity contribution in [1.82, 2.24) is 9.97 Å². The minimum Gasteiger partial charge on any atom is -0.462 e. The van der Waals surface area contributed by atoms with E-state index in [1.54, 1.807) is 55.5 Å². The Morgan fingerprint density at radius 3 is 1.80 bits per heavy atom. The number of benzene rings is 2. The highest BCUT2D eigenvalue weighted by molar-refractivity contribution is 5.97. The standard InChI is InChI=1S/C13H10FNO.C9H10O2.C6H6FN/c14-13-9-10(6-7-15-13)8-12(16)11-4-2-1-3-5-11;1-2-11-9(10)8-6-4-3-5-7-8;1-5-2-3-8-6(7)4-5/h1-7,9H,8H2;3-7H,2H2,1H3;2-4H,1H3. The molecule has 0 spiro atoms. The monoisotopic (exact) mass is 476 g/mol. The number of halogens is 2. The summed E-state index contributed by atoms with van der Waals surface area (Å²) in [5.41, 5.74) is 2.79. The van der Waals surface area contributed by atoms with E-state index in [1.165, 1.54) is 24.5 Å². The van der Waals surface area contributed by atoms with Crippen LogP contribution in [0.1, 0.15) is 38.8 Å². The van der Waals surface area contributed by atoms with E-state index >= 15 is 0 Å². The van der Waals surface area contributed by atoms with Gasteiger partial charge in [0.15, 0.2) is 5.78 Å². The molecule has 180 valence electrons. The Morgan fingerprint density at radius 2 is 1.31 bits per heavy atom. The van der Waals surface area contributed by atoms with Gasteiger partial charge in [0, 0.05) is 24.4 Å². The molecule has 0 saturated carbocycles. The molecule has 0 aliphatic rings. The van der Waals surface area contributed by atoms with Crippen molar-refractivity contribution >= 4 is 11.8 Å². The lowest BCUT2D eigenvalue weighted by Crippen LogP contribution is -2.03. The lowest BCUT2D eigenvalue weighted by atomic mass is 10.0. The van der Waals surface area contributed by atoms with E-state index in [-0.39, 0.29) is 18.2 Å². The van der Waals surface area contributed by atoms with Gasteiger partial charge < -0.3 is 4.74 Å². The van der Waals surface area contributed by atoms with Gasteiger partial charge in [0.2, 0.25) is 11.9 Å². The second-order valence-electron chi connectivity index (χ2n) is 7.20. The average molecular weight is 477 g/mol. The third kappa shape index (κ3) is 10.5. The number of ether oxygens (including phenoxy) is 1. The maximum absolute atomic E-state index is 12.8. The van der Waals surface area contributed by atoms with Gasteiger partial charge in [-0.05, 0) is 61.4 Å². The molecular formula is C28H26F2N2O3. The number of carbonyl (C=O) groups is 2. The largest absolute Gasteiger partial charge is 0.462 e. The first kappa shape index (κ1) is 27.0. The van der Waals surface area contributed by atoms with Gasteiger partial charge in [-0.15, -0.1) is 0 Å². The number of esters is 1. The van der Waals surface area contributed by atoms with Crippen molar-refractivity contribution in [1.29, 1.82) is 0 Å². The second-order valence-corrected chi connectivity index (χ2v) is 7.20. The van der Waals surface area contributed by atoms with Crippen LogP contribution in [0.2, 0.25) is 0 Å². The first-order chi connectivity index (χ1) is 16.9. The molecule has 0 amide bonds. The van der Waals surface area contributed by atoms with E-state index in [0.29, 0.717) is 23.3 Å². The fraction of sp³-hybridized carbons (Fsp3) is 0.143. The molecule has 0 atom stereocenters. The van der Waals surface area contributed by atoms with Gasteiger partial charge in [-0.1, -0.05) is 48.5 Å². The Kier molecular flexibility index (Phi) is 11.4. The molecule has 0 aliphatic carbocycles. The molecule has 0 bridgehead atoms. The number of ketones is 1. The van der Waals surface area contributed by atoms with Gasteiger partial charge in [-0.2, -0.15) is 8.78 Å². The molecular weight excluding hydrogens is 450 g/mol. The van der Waals surface area contributed by atoms with Crippen molar-refractivity contribution in [2.45, 2.75) is 20.3 Å². The minimum atomic E-state index is -0.557. The first-order valence-electron chi connectivity index (χ1n) is 10.9. The summed E-state index contributed by atoms with van der Waals surface area (Å²) in [5.74, 6) is -1.25. The average Bonchev–Trinajstić information content (AvgIpc) is 2.86. The number of aromatic nitrogens is 2. The van der Waals surface area contributed by atoms with Crippen molar-refractivity contribution in [3.8, 4) is 0 Å². The van der Waals surface area contributed by atoms with E-state index in [4.69, 9.17) is 4.74 Å². The van der Waals surface area contributed by atoms with E-state index in [1.807, 2.05) is 31.2 Å². The highest BCUT2D eigenvalue weighted by atomic mass is 19.1. The third-order valence-corrected chi connectivity index (χ3v) is 4.42. The van der Waals surface area contributed by atoms with Crippen LogP contribution in [0.25, 0.3) is 0 Å². The zero-order chi connectivity index (χ0) is 25.5. The lowest BCUT2D eigenvalue weighted by Gasteiger charge is -2.00. The molecule has 4 aromatic rings. The van der Waals surface area contributed by atoms with Gasteiger partial charge >= 0.3 is 5.97 Å². The number of nitrogens with zero attached hydrogens (tertiary/aromatic N) is 2. The minimum absolute atomic E-state index is 0.0220. The van der Waals surface area contributed by atoms with Crippen LogP contribution in [-0.2, 0) is 11.2 Å². The number of hydrogen-bond donors (Lipinski definition) is 0. The van der Waals surface area contributed by atoms with Crippen LogP contribution >= 0.6 is 0 Å². The normalized spacial score (nSPS) is 9.60. The summed E-state index contributed by atoms with van der Waals surface area (Å²) >= 11 is 0. The van der Waals surface area contributed by atoms with Crippen molar-refractivity contribution in [3.63, 3.8) is 0 Å². The summed E-state index contributed by atoms with van der Waals surface area (Å²) in [7, 11) is 0. The Balaban J connectivity index is 0.000000198. The Labute approximate surface area is 203 Å². The van der Waals surface area contributed by atoms with Crippen molar-refractivity contribution in [2.75, 3.05) is 6.61 Å². The van der Waals surface area contributed by atoms with Gasteiger partial charge in [-0.3, -0.25) is 4.79 Å². The predicted molar refractivity (Wildman–Crippen MR) is 130 cm³/mol. The fourth-order valence-electron chi connectivity index (χ4n) is 2.75. The molecule has 7 heteroatoms. The van der Waals surface area contributed by atoms with Crippen molar-refractivity contribution < 1.29 is 23.1 Å². The molecule has 4 rings (SSSR count). The van der Waals surface area contributed by atoms with Crippen LogP contribution < -0.4 is 0 Å². The maximum atomic E-state index is 12.8. The van der Waals surface area contributed by atoms with Gasteiger partial charge in [-0.25, -0.2) is 14.8 Å². The van der Waals surface area contributed by atoms with Gasteiger partial charge in [0.1, 0.15) is 0 Å². The van der Waals surface area contributed by atoms with Crippen molar-refractivity contribution in [2.24, 2.45) is 0 Å². The molecule has 0 unspecified atom stereocenters. The number of aryl methyl sites for hydroxylation is 1. The molecule has 35 heavy (non-hydrogen) atoms. The Bertz CT molecular complexity index is 1190. The highest BCUT2D eigenvalue weighted by Gasteiger charge is 2.07. The summed E-state index contributed by atoms with van der Waals surface area (Å²) in [5, 5.41) is 0. The van der Waals surface area contributed by atoms with E-state index in [2.05, 4.69) is 9.97 Å². The van der Waals surface area contributed by atoms with Crippen LogP contribution in [0.15, 0.2) is 97.3 Å². The molecule has 2 heterocycles. The predicted octanol–water partition coefficient (Wildman–Crippen LogP) is 6.04. The maximum Gasteiger partial charge on any atom is 0.338 e. The number of carbonyl (C=O) groups excluding carboxylic acids is 2. The Morgan fingerprint density at radius 1 is 0.771 bits per heavy atom. The molecule has 0 aliphatic heterocycles. The number of rotatable bonds is 5. The molecule has 5 nitrogen and oxygen atoms in total. The van der Waals surface area contributed by atoms with E-state index in [9.17, 15) is 18.4 Å². The van der Waals surface area contributed by atoms with Crippen LogP contribution in [0.5, 0.6) is 0 Å². The highest BCUT2D eigenvalue weighted by Crippen LogP contribution is 2.07. The zero-order valence-electron chi connectivity index (χ0n) is 19.5. The molecule has 0 fully saturated rings. The summed E-state index contributed by atoms with van der Waals surface area (Å²) in [4.78, 5) is 29.6.